The molecule has 0 bridgehead atoms. The van der Waals surface area contributed by atoms with Crippen LogP contribution >= 0.6 is 0 Å². The minimum absolute atomic E-state index is 0.755. The summed E-state index contributed by atoms with van der Waals surface area (Å²) in [6.45, 7) is 10.2. The van der Waals surface area contributed by atoms with Crippen LogP contribution in [0.3, 0.4) is 0 Å². The van der Waals surface area contributed by atoms with Gasteiger partial charge in [-0.15, -0.1) is 0 Å². The van der Waals surface area contributed by atoms with Gasteiger partial charge in [0.15, 0.2) is 0 Å². The summed E-state index contributed by atoms with van der Waals surface area (Å²) < 4.78 is 0. The molecule has 3 heteroatoms. The Morgan fingerprint density at radius 1 is 1.12 bits per heavy atom. The topological polar surface area (TPSA) is 18.5 Å². The molecule has 0 aromatic carbocycles. The van der Waals surface area contributed by atoms with Gasteiger partial charge in [-0.3, -0.25) is 9.80 Å². The van der Waals surface area contributed by atoms with E-state index in [4.69, 9.17) is 0 Å². The maximum absolute atomic E-state index is 3.67. The van der Waals surface area contributed by atoms with Crippen molar-refractivity contribution < 1.29 is 0 Å². The molecule has 0 amide bonds. The zero-order valence-electron chi connectivity index (χ0n) is 11.2. The van der Waals surface area contributed by atoms with Crippen LogP contribution in [0.25, 0.3) is 0 Å². The summed E-state index contributed by atoms with van der Waals surface area (Å²) in [5.74, 6) is 0.874. The summed E-state index contributed by atoms with van der Waals surface area (Å²) in [6, 6.07) is 1.62. The summed E-state index contributed by atoms with van der Waals surface area (Å²) in [6.07, 6.45) is 5.68. The second kappa shape index (κ2) is 5.25. The SMILES string of the molecule is CC1CCNC1CN1CCN2CCCCC2C1. The van der Waals surface area contributed by atoms with Gasteiger partial charge in [0.25, 0.3) is 0 Å². The Balaban J connectivity index is 1.51. The highest BCUT2D eigenvalue weighted by Gasteiger charge is 2.31. The van der Waals surface area contributed by atoms with Crippen LogP contribution in [0, 0.1) is 5.92 Å². The molecule has 98 valence electrons. The first kappa shape index (κ1) is 11.9. The number of nitrogens with one attached hydrogen (secondary N) is 1. The standard InChI is InChI=1S/C14H27N3/c1-12-5-6-15-14(12)11-16-8-9-17-7-3-2-4-13(17)10-16/h12-15H,2-11H2,1H3. The molecule has 3 heterocycles. The molecule has 3 atom stereocenters. The van der Waals surface area contributed by atoms with E-state index in [1.54, 1.807) is 0 Å². The van der Waals surface area contributed by atoms with Crippen LogP contribution in [-0.2, 0) is 0 Å². The predicted octanol–water partition coefficient (Wildman–Crippen LogP) is 1.15. The number of nitrogens with zero attached hydrogens (tertiary/aromatic N) is 2. The molecule has 3 rings (SSSR count). The zero-order chi connectivity index (χ0) is 11.7. The molecule has 0 aliphatic carbocycles. The van der Waals surface area contributed by atoms with Crippen LogP contribution in [0.2, 0.25) is 0 Å². The van der Waals surface area contributed by atoms with Crippen LogP contribution in [0.4, 0.5) is 0 Å². The number of piperidine rings is 1. The minimum atomic E-state index is 0.755. The third-order valence-electron chi connectivity index (χ3n) is 5.07. The van der Waals surface area contributed by atoms with Gasteiger partial charge in [0.2, 0.25) is 0 Å². The fourth-order valence-corrected chi connectivity index (χ4v) is 3.81. The third-order valence-corrected chi connectivity index (χ3v) is 5.07. The third kappa shape index (κ3) is 2.67. The lowest BCUT2D eigenvalue weighted by molar-refractivity contribution is 0.0438. The summed E-state index contributed by atoms with van der Waals surface area (Å²) in [5.41, 5.74) is 0. The molecule has 3 saturated heterocycles. The summed E-state index contributed by atoms with van der Waals surface area (Å²) in [7, 11) is 0. The highest BCUT2D eigenvalue weighted by molar-refractivity contribution is 4.89. The first-order valence-corrected chi connectivity index (χ1v) is 7.53. The highest BCUT2D eigenvalue weighted by Crippen LogP contribution is 2.22. The van der Waals surface area contributed by atoms with Gasteiger partial charge >= 0.3 is 0 Å². The van der Waals surface area contributed by atoms with E-state index < -0.39 is 0 Å². The van der Waals surface area contributed by atoms with Crippen molar-refractivity contribution in [2.45, 2.75) is 44.7 Å². The first-order valence-electron chi connectivity index (χ1n) is 7.53. The number of hydrogen-bond acceptors (Lipinski definition) is 3. The number of hydrogen-bond donors (Lipinski definition) is 1. The van der Waals surface area contributed by atoms with Gasteiger partial charge in [0.05, 0.1) is 0 Å². The van der Waals surface area contributed by atoms with E-state index in [1.807, 2.05) is 0 Å². The zero-order valence-corrected chi connectivity index (χ0v) is 11.2. The van der Waals surface area contributed by atoms with E-state index in [0.717, 1.165) is 18.0 Å². The summed E-state index contributed by atoms with van der Waals surface area (Å²) >= 11 is 0. The molecule has 0 aromatic heterocycles. The first-order chi connectivity index (χ1) is 8.33. The smallest absolute Gasteiger partial charge is 0.0223 e. The lowest BCUT2D eigenvalue weighted by Crippen LogP contribution is -2.56. The largest absolute Gasteiger partial charge is 0.312 e. The second-order valence-corrected chi connectivity index (χ2v) is 6.27. The molecule has 3 unspecified atom stereocenters. The minimum Gasteiger partial charge on any atom is -0.312 e. The predicted molar refractivity (Wildman–Crippen MR) is 71.2 cm³/mol. The van der Waals surface area contributed by atoms with Crippen molar-refractivity contribution in [2.75, 3.05) is 39.3 Å². The van der Waals surface area contributed by atoms with Crippen molar-refractivity contribution in [2.24, 2.45) is 5.92 Å². The molecule has 3 aliphatic heterocycles. The van der Waals surface area contributed by atoms with E-state index in [0.29, 0.717) is 0 Å². The number of piperazine rings is 1. The fraction of sp³-hybridized carbons (Fsp3) is 1.00. The maximum Gasteiger partial charge on any atom is 0.0223 e. The van der Waals surface area contributed by atoms with Crippen LogP contribution in [0.15, 0.2) is 0 Å². The van der Waals surface area contributed by atoms with Crippen molar-refractivity contribution in [3.05, 3.63) is 0 Å². The van der Waals surface area contributed by atoms with E-state index in [2.05, 4.69) is 22.0 Å². The fourth-order valence-electron chi connectivity index (χ4n) is 3.81. The van der Waals surface area contributed by atoms with Gasteiger partial charge in [-0.25, -0.2) is 0 Å². The second-order valence-electron chi connectivity index (χ2n) is 6.27. The lowest BCUT2D eigenvalue weighted by atomic mass is 9.98. The molecule has 1 N–H and O–H groups in total. The van der Waals surface area contributed by atoms with Gasteiger partial charge in [-0.1, -0.05) is 13.3 Å². The van der Waals surface area contributed by atoms with Gasteiger partial charge < -0.3 is 5.32 Å². The lowest BCUT2D eigenvalue weighted by Gasteiger charge is -2.44. The molecule has 0 radical (unpaired) electrons. The van der Waals surface area contributed by atoms with Crippen molar-refractivity contribution in [1.82, 2.24) is 15.1 Å². The molecular formula is C14H27N3. The van der Waals surface area contributed by atoms with Crippen LogP contribution in [0.5, 0.6) is 0 Å². The molecule has 3 nitrogen and oxygen atoms in total. The average Bonchev–Trinajstić information content (AvgIpc) is 2.75. The van der Waals surface area contributed by atoms with Crippen LogP contribution < -0.4 is 5.32 Å². The van der Waals surface area contributed by atoms with Gasteiger partial charge in [-0.2, -0.15) is 0 Å². The van der Waals surface area contributed by atoms with E-state index in [1.165, 1.54) is 65.0 Å². The molecule has 0 aromatic rings. The van der Waals surface area contributed by atoms with E-state index in [-0.39, 0.29) is 0 Å². The quantitative estimate of drug-likeness (QED) is 0.777. The highest BCUT2D eigenvalue weighted by atomic mass is 15.3. The molecule has 0 spiro atoms. The summed E-state index contributed by atoms with van der Waals surface area (Å²) in [5, 5.41) is 3.67. The maximum atomic E-state index is 3.67. The van der Waals surface area contributed by atoms with Gasteiger partial charge in [-0.05, 0) is 38.3 Å². The Bertz CT molecular complexity index is 256. The summed E-state index contributed by atoms with van der Waals surface area (Å²) in [4.78, 5) is 5.44. The van der Waals surface area contributed by atoms with E-state index >= 15 is 0 Å². The Hall–Kier alpha value is -0.120. The van der Waals surface area contributed by atoms with Crippen LogP contribution in [-0.4, -0.2) is 61.2 Å². The van der Waals surface area contributed by atoms with Crippen LogP contribution in [0.1, 0.15) is 32.6 Å². The monoisotopic (exact) mass is 237 g/mol. The molecule has 3 fully saturated rings. The Morgan fingerprint density at radius 2 is 2.06 bits per heavy atom. The molecule has 17 heavy (non-hydrogen) atoms. The number of rotatable bonds is 2. The van der Waals surface area contributed by atoms with Crippen molar-refractivity contribution >= 4 is 0 Å². The number of fused-ring (bicyclic) bond motifs is 1. The van der Waals surface area contributed by atoms with E-state index in [9.17, 15) is 0 Å². The Kier molecular flexibility index (Phi) is 3.69. The van der Waals surface area contributed by atoms with Gasteiger partial charge in [0.1, 0.15) is 0 Å². The van der Waals surface area contributed by atoms with Crippen molar-refractivity contribution in [3.63, 3.8) is 0 Å². The molecular weight excluding hydrogens is 210 g/mol. The Labute approximate surface area is 106 Å². The van der Waals surface area contributed by atoms with Crippen molar-refractivity contribution in [1.29, 1.82) is 0 Å². The average molecular weight is 237 g/mol. The Morgan fingerprint density at radius 3 is 2.88 bits per heavy atom. The normalized spacial score (nSPS) is 40.4. The molecule has 3 aliphatic rings. The van der Waals surface area contributed by atoms with Crippen molar-refractivity contribution in [3.8, 4) is 0 Å². The molecule has 0 saturated carbocycles. The van der Waals surface area contributed by atoms with Gasteiger partial charge in [0, 0.05) is 38.3 Å².